The molecule has 0 aromatic rings. The van der Waals surface area contributed by atoms with Crippen molar-refractivity contribution in [2.24, 2.45) is 0 Å². The maximum absolute atomic E-state index is 11.1. The summed E-state index contributed by atoms with van der Waals surface area (Å²) in [5.41, 5.74) is 0. The molecule has 12 heteroatoms. The van der Waals surface area contributed by atoms with Gasteiger partial charge in [-0.15, -0.1) is 0 Å². The molecule has 1 rings (SSSR count). The van der Waals surface area contributed by atoms with Gasteiger partial charge in [0.2, 0.25) is 5.91 Å². The highest BCUT2D eigenvalue weighted by Gasteiger charge is 2.53. The van der Waals surface area contributed by atoms with Gasteiger partial charge in [0, 0.05) is 13.3 Å². The number of amides is 1. The Balaban J connectivity index is 0. The summed E-state index contributed by atoms with van der Waals surface area (Å²) in [6.45, 7) is 0.256. The molecule has 6 atom stereocenters. The number of hydrogen-bond acceptors (Lipinski definition) is 8. The molecule has 1 heterocycles. The normalized spacial score (nSPS) is 32.7. The highest BCUT2D eigenvalue weighted by Crippen LogP contribution is 2.30. The first-order valence-electron chi connectivity index (χ1n) is 6.18. The van der Waals surface area contributed by atoms with E-state index >= 15 is 0 Å². The Hall–Kier alpha value is -1.38. The smallest absolute Gasteiger partial charge is 0.364 e. The Morgan fingerprint density at radius 3 is 2.26 bits per heavy atom. The molecule has 1 amide bonds. The van der Waals surface area contributed by atoms with Crippen molar-refractivity contribution in [2.75, 3.05) is 6.61 Å². The summed E-state index contributed by atoms with van der Waals surface area (Å²) in [5.74, 6) is -5.17. The first-order valence-corrected chi connectivity index (χ1v) is 6.18. The van der Waals surface area contributed by atoms with Gasteiger partial charge in [-0.25, -0.2) is 4.79 Å². The lowest BCUT2D eigenvalue weighted by Gasteiger charge is -2.44. The van der Waals surface area contributed by atoms with Gasteiger partial charge in [-0.3, -0.25) is 4.79 Å². The SMILES string of the molecule is CC(=O)N[C@H]1[C@H]([C@H](O)[C@H](O)CO)OC(O)(C(=O)O)C[C@@H]1O.O.O. The van der Waals surface area contributed by atoms with Gasteiger partial charge < -0.3 is 51.6 Å². The molecular weight excluding hydrogens is 322 g/mol. The highest BCUT2D eigenvalue weighted by molar-refractivity contribution is 5.76. The van der Waals surface area contributed by atoms with Gasteiger partial charge >= 0.3 is 5.97 Å². The van der Waals surface area contributed by atoms with Crippen molar-refractivity contribution < 1.29 is 55.9 Å². The van der Waals surface area contributed by atoms with Crippen LogP contribution in [0, 0.1) is 0 Å². The second kappa shape index (κ2) is 9.05. The van der Waals surface area contributed by atoms with Crippen molar-refractivity contribution >= 4 is 11.9 Å². The highest BCUT2D eigenvalue weighted by atomic mass is 16.7. The topological polar surface area (TPSA) is 240 Å². The van der Waals surface area contributed by atoms with Crippen molar-refractivity contribution in [3.05, 3.63) is 0 Å². The van der Waals surface area contributed by atoms with Crippen LogP contribution in [-0.4, -0.2) is 96.3 Å². The maximum Gasteiger partial charge on any atom is 0.364 e. The predicted molar refractivity (Wildman–Crippen MR) is 72.0 cm³/mol. The van der Waals surface area contributed by atoms with E-state index in [2.05, 4.69) is 5.32 Å². The minimum Gasteiger partial charge on any atom is -0.477 e. The Bertz CT molecular complexity index is 405. The second-order valence-electron chi connectivity index (χ2n) is 4.91. The number of aliphatic carboxylic acids is 1. The van der Waals surface area contributed by atoms with Crippen molar-refractivity contribution in [2.45, 2.75) is 49.6 Å². The molecule has 1 fully saturated rings. The number of aliphatic hydroxyl groups excluding tert-OH is 4. The predicted octanol–water partition coefficient (Wildman–Crippen LogP) is -5.52. The van der Waals surface area contributed by atoms with Gasteiger partial charge in [-0.1, -0.05) is 0 Å². The molecule has 0 spiro atoms. The molecule has 0 radical (unpaired) electrons. The Kier molecular flexibility index (Phi) is 9.39. The van der Waals surface area contributed by atoms with Crippen molar-refractivity contribution in [1.29, 1.82) is 0 Å². The van der Waals surface area contributed by atoms with E-state index in [-0.39, 0.29) is 11.0 Å². The van der Waals surface area contributed by atoms with Crippen LogP contribution in [-0.2, 0) is 14.3 Å². The Morgan fingerprint density at radius 1 is 1.35 bits per heavy atom. The molecule has 12 nitrogen and oxygen atoms in total. The van der Waals surface area contributed by atoms with Gasteiger partial charge in [0.05, 0.1) is 18.8 Å². The van der Waals surface area contributed by atoms with Crippen molar-refractivity contribution in [1.82, 2.24) is 5.32 Å². The first kappa shape index (κ1) is 23.9. The lowest BCUT2D eigenvalue weighted by Crippen LogP contribution is -2.67. The van der Waals surface area contributed by atoms with Crippen LogP contribution in [0.4, 0.5) is 0 Å². The summed E-state index contributed by atoms with van der Waals surface area (Å²) in [5, 5.41) is 59.0. The minimum atomic E-state index is -2.78. The van der Waals surface area contributed by atoms with Crippen molar-refractivity contribution in [3.63, 3.8) is 0 Å². The molecule has 0 bridgehead atoms. The molecule has 138 valence electrons. The summed E-state index contributed by atoms with van der Waals surface area (Å²) in [4.78, 5) is 22.1. The van der Waals surface area contributed by atoms with Crippen LogP contribution >= 0.6 is 0 Å². The third kappa shape index (κ3) is 5.33. The quantitative estimate of drug-likeness (QED) is 0.251. The van der Waals surface area contributed by atoms with Gasteiger partial charge in [0.25, 0.3) is 5.79 Å². The van der Waals surface area contributed by atoms with Crippen LogP contribution in [0.25, 0.3) is 0 Å². The minimum absolute atomic E-state index is 0. The van der Waals surface area contributed by atoms with E-state index in [4.69, 9.17) is 14.9 Å². The van der Waals surface area contributed by atoms with E-state index < -0.39 is 61.1 Å². The fraction of sp³-hybridized carbons (Fsp3) is 0.818. The third-order valence-corrected chi connectivity index (χ3v) is 3.21. The summed E-state index contributed by atoms with van der Waals surface area (Å²) in [6.07, 6.45) is -7.48. The Labute approximate surface area is 130 Å². The molecule has 11 N–H and O–H groups in total. The van der Waals surface area contributed by atoms with Gasteiger partial charge in [0.15, 0.2) is 0 Å². The number of carboxylic acids is 1. The number of ether oxygens (including phenoxy) is 1. The molecule has 1 aliphatic heterocycles. The average Bonchev–Trinajstić information content (AvgIpc) is 2.39. The van der Waals surface area contributed by atoms with Gasteiger partial charge in [-0.05, 0) is 0 Å². The number of carbonyl (C=O) groups is 2. The number of hydrogen-bond donors (Lipinski definition) is 7. The van der Waals surface area contributed by atoms with E-state index in [0.717, 1.165) is 6.92 Å². The van der Waals surface area contributed by atoms with E-state index in [1.165, 1.54) is 0 Å². The molecule has 0 aromatic carbocycles. The Morgan fingerprint density at radius 2 is 1.87 bits per heavy atom. The van der Waals surface area contributed by atoms with Crippen LogP contribution in [0.1, 0.15) is 13.3 Å². The summed E-state index contributed by atoms with van der Waals surface area (Å²) in [7, 11) is 0. The zero-order valence-electron chi connectivity index (χ0n) is 12.2. The third-order valence-electron chi connectivity index (χ3n) is 3.21. The van der Waals surface area contributed by atoms with E-state index in [1.807, 2.05) is 0 Å². The van der Waals surface area contributed by atoms with Gasteiger partial charge in [-0.2, -0.15) is 0 Å². The fourth-order valence-corrected chi connectivity index (χ4v) is 2.14. The zero-order chi connectivity index (χ0) is 16.4. The summed E-state index contributed by atoms with van der Waals surface area (Å²) >= 11 is 0. The number of carboxylic acid groups (broad SMARTS) is 1. The van der Waals surface area contributed by atoms with Crippen LogP contribution < -0.4 is 5.32 Å². The monoisotopic (exact) mass is 345 g/mol. The molecule has 0 aliphatic carbocycles. The molecular formula is C11H23NO11. The number of rotatable bonds is 5. The number of carbonyl (C=O) groups excluding carboxylic acids is 1. The largest absolute Gasteiger partial charge is 0.477 e. The van der Waals surface area contributed by atoms with Crippen LogP contribution in [0.2, 0.25) is 0 Å². The molecule has 1 aliphatic rings. The van der Waals surface area contributed by atoms with Gasteiger partial charge in [0.1, 0.15) is 18.3 Å². The van der Waals surface area contributed by atoms with Crippen molar-refractivity contribution in [3.8, 4) is 0 Å². The average molecular weight is 345 g/mol. The maximum atomic E-state index is 11.1. The summed E-state index contributed by atoms with van der Waals surface area (Å²) < 4.78 is 4.86. The van der Waals surface area contributed by atoms with E-state index in [1.54, 1.807) is 0 Å². The van der Waals surface area contributed by atoms with Crippen LogP contribution in [0.5, 0.6) is 0 Å². The standard InChI is InChI=1S/C11H19NO9.2H2O/c1-4(14)12-7-5(15)2-11(20,10(18)19)21-9(7)8(17)6(16)3-13;;/h5-9,13,15-17,20H,2-3H2,1H3,(H,12,14)(H,18,19);2*1H2/t5-,6+,7+,8+,9+,11?;;/m0../s1. The summed E-state index contributed by atoms with van der Waals surface area (Å²) in [6, 6.07) is -1.27. The van der Waals surface area contributed by atoms with Crippen LogP contribution in [0.3, 0.4) is 0 Å². The second-order valence-corrected chi connectivity index (χ2v) is 4.91. The first-order chi connectivity index (χ1) is 9.62. The molecule has 23 heavy (non-hydrogen) atoms. The van der Waals surface area contributed by atoms with Crippen LogP contribution in [0.15, 0.2) is 0 Å². The lowest BCUT2D eigenvalue weighted by atomic mass is 9.88. The fourth-order valence-electron chi connectivity index (χ4n) is 2.14. The molecule has 0 saturated carbocycles. The number of aliphatic hydroxyl groups is 5. The molecule has 1 unspecified atom stereocenters. The molecule has 0 aromatic heterocycles. The zero-order valence-corrected chi connectivity index (χ0v) is 12.2. The molecule has 1 saturated heterocycles. The lowest BCUT2D eigenvalue weighted by molar-refractivity contribution is -0.295. The number of nitrogens with one attached hydrogen (secondary N) is 1. The van der Waals surface area contributed by atoms with E-state index in [9.17, 15) is 30.0 Å². The van der Waals surface area contributed by atoms with E-state index in [0.29, 0.717) is 0 Å².